The number of aliphatic hydroxyl groups excluding tert-OH is 1. The number of thioether (sulfide) groups is 1. The average molecular weight is 612 g/mol. The van der Waals surface area contributed by atoms with Crippen molar-refractivity contribution in [3.8, 4) is 0 Å². The highest BCUT2D eigenvalue weighted by Gasteiger charge is 2.25. The number of anilines is 2. The van der Waals surface area contributed by atoms with Crippen molar-refractivity contribution >= 4 is 34.4 Å². The molecule has 7 heteroatoms. The Kier molecular flexibility index (Phi) is 10.5. The van der Waals surface area contributed by atoms with Crippen LogP contribution in [-0.4, -0.2) is 53.0 Å². The lowest BCUT2D eigenvalue weighted by Gasteiger charge is -2.31. The van der Waals surface area contributed by atoms with E-state index in [-0.39, 0.29) is 10.7 Å². The molecular weight excluding hydrogens is 563 g/mol. The average Bonchev–Trinajstić information content (AvgIpc) is 3.01. The van der Waals surface area contributed by atoms with E-state index in [0.717, 1.165) is 54.5 Å². The number of fused-ring (bicyclic) bond motifs is 1. The van der Waals surface area contributed by atoms with Crippen LogP contribution in [0.3, 0.4) is 0 Å². The fourth-order valence-electron chi connectivity index (χ4n) is 5.96. The molecule has 1 heterocycles. The number of aliphatic hydroxyl groups is 1. The van der Waals surface area contributed by atoms with Gasteiger partial charge in [0, 0.05) is 48.3 Å². The van der Waals surface area contributed by atoms with E-state index in [1.54, 1.807) is 0 Å². The zero-order chi connectivity index (χ0) is 31.3. The number of aromatic nitrogens is 2. The lowest BCUT2D eigenvalue weighted by atomic mass is 9.86. The van der Waals surface area contributed by atoms with Crippen LogP contribution in [0.1, 0.15) is 75.7 Å². The van der Waals surface area contributed by atoms with Gasteiger partial charge >= 0.3 is 0 Å². The number of rotatable bonds is 11. The normalized spacial score (nSPS) is 18.6. The first-order valence-corrected chi connectivity index (χ1v) is 16.9. The van der Waals surface area contributed by atoms with E-state index in [4.69, 9.17) is 9.97 Å². The highest BCUT2D eigenvalue weighted by Crippen LogP contribution is 2.32. The molecule has 4 aromatic rings. The van der Waals surface area contributed by atoms with Crippen molar-refractivity contribution in [2.24, 2.45) is 0 Å². The highest BCUT2D eigenvalue weighted by atomic mass is 32.2. The second-order valence-electron chi connectivity index (χ2n) is 13.6. The molecule has 0 aliphatic heterocycles. The highest BCUT2D eigenvalue weighted by molar-refractivity contribution is 8.00. The number of hydrogen-bond donors (Lipinski definition) is 3. The van der Waals surface area contributed by atoms with Crippen molar-refractivity contribution in [3.63, 3.8) is 0 Å². The van der Waals surface area contributed by atoms with Crippen molar-refractivity contribution in [1.82, 2.24) is 15.3 Å². The Morgan fingerprint density at radius 1 is 0.886 bits per heavy atom. The maximum absolute atomic E-state index is 11.3. The number of benzene rings is 3. The van der Waals surface area contributed by atoms with Crippen molar-refractivity contribution in [1.29, 1.82) is 0 Å². The summed E-state index contributed by atoms with van der Waals surface area (Å²) in [6.45, 7) is 9.65. The quantitative estimate of drug-likeness (QED) is 0.149. The molecule has 0 spiro atoms. The largest absolute Gasteiger partial charge is 0.388 e. The van der Waals surface area contributed by atoms with Gasteiger partial charge in [0.25, 0.3) is 0 Å². The van der Waals surface area contributed by atoms with Gasteiger partial charge < -0.3 is 20.6 Å². The van der Waals surface area contributed by atoms with E-state index in [2.05, 4.69) is 104 Å². The van der Waals surface area contributed by atoms with Gasteiger partial charge in [0.2, 0.25) is 5.95 Å². The van der Waals surface area contributed by atoms with Crippen LogP contribution in [0.2, 0.25) is 0 Å². The van der Waals surface area contributed by atoms with E-state index in [0.29, 0.717) is 24.5 Å². The monoisotopic (exact) mass is 611 g/mol. The third-order valence-corrected chi connectivity index (χ3v) is 9.91. The maximum Gasteiger partial charge on any atom is 0.225 e. The molecule has 3 aromatic carbocycles. The van der Waals surface area contributed by atoms with E-state index >= 15 is 0 Å². The molecule has 0 bridgehead atoms. The molecular formula is C37H49N5OS. The molecule has 0 saturated heterocycles. The number of aryl methyl sites for hydroxylation is 1. The third-order valence-electron chi connectivity index (χ3n) is 8.67. The molecule has 0 amide bonds. The molecule has 1 fully saturated rings. The van der Waals surface area contributed by atoms with Crippen LogP contribution >= 0.6 is 11.8 Å². The van der Waals surface area contributed by atoms with Crippen LogP contribution in [0.4, 0.5) is 11.8 Å². The molecule has 234 valence electrons. The minimum atomic E-state index is -0.497. The first kappa shape index (κ1) is 32.3. The summed E-state index contributed by atoms with van der Waals surface area (Å²) in [7, 11) is 4.06. The molecule has 6 nitrogen and oxygen atoms in total. The number of nitrogens with one attached hydrogen (secondary N) is 2. The molecule has 2 atom stereocenters. The number of para-hydroxylation sites is 1. The van der Waals surface area contributed by atoms with Gasteiger partial charge in [0.1, 0.15) is 5.82 Å². The summed E-state index contributed by atoms with van der Waals surface area (Å²) in [4.78, 5) is 13.0. The van der Waals surface area contributed by atoms with Gasteiger partial charge in [-0.3, -0.25) is 0 Å². The van der Waals surface area contributed by atoms with Gasteiger partial charge in [-0.25, -0.2) is 4.98 Å². The van der Waals surface area contributed by atoms with Crippen LogP contribution in [0, 0.1) is 6.92 Å². The Labute approximate surface area is 268 Å². The fraction of sp³-hybridized carbons (Fsp3) is 0.459. The molecule has 1 aromatic heterocycles. The standard InChI is InChI=1S/C37H49N5OS/c1-25-11-21-30(22-12-25)44-31(23-34(43)26-13-15-27(16-14-26)37(2,3)4)24-38-28-17-19-29(20-18-28)39-36-40-33-10-8-7-9-32(33)35(41-36)42(5)6/h7-16,21-22,28-29,31,34,38,43H,17-20,23-24H2,1-6H3,(H,39,40,41). The van der Waals surface area contributed by atoms with E-state index < -0.39 is 6.10 Å². The summed E-state index contributed by atoms with van der Waals surface area (Å²) in [5, 5.41) is 20.1. The lowest BCUT2D eigenvalue weighted by Crippen LogP contribution is -2.40. The molecule has 1 aliphatic rings. The second-order valence-corrected chi connectivity index (χ2v) is 14.9. The second kappa shape index (κ2) is 14.3. The summed E-state index contributed by atoms with van der Waals surface area (Å²) in [6, 6.07) is 26.3. The minimum absolute atomic E-state index is 0.101. The Morgan fingerprint density at radius 3 is 2.20 bits per heavy atom. The number of nitrogens with zero attached hydrogens (tertiary/aromatic N) is 3. The number of hydrogen-bond acceptors (Lipinski definition) is 7. The van der Waals surface area contributed by atoms with Crippen LogP contribution < -0.4 is 15.5 Å². The third kappa shape index (κ3) is 8.52. The summed E-state index contributed by atoms with van der Waals surface area (Å²) in [5.41, 5.74) is 4.61. The molecule has 1 saturated carbocycles. The first-order chi connectivity index (χ1) is 21.0. The van der Waals surface area contributed by atoms with Crippen molar-refractivity contribution in [2.45, 2.75) is 93.5 Å². The Morgan fingerprint density at radius 2 is 1.55 bits per heavy atom. The van der Waals surface area contributed by atoms with Crippen LogP contribution in [0.25, 0.3) is 10.9 Å². The zero-order valence-electron chi connectivity index (χ0n) is 27.2. The molecule has 44 heavy (non-hydrogen) atoms. The van der Waals surface area contributed by atoms with Crippen LogP contribution in [0.5, 0.6) is 0 Å². The molecule has 3 N–H and O–H groups in total. The summed E-state index contributed by atoms with van der Waals surface area (Å²) in [6.07, 6.45) is 4.55. The van der Waals surface area contributed by atoms with Gasteiger partial charge in [0.05, 0.1) is 11.6 Å². The predicted octanol–water partition coefficient (Wildman–Crippen LogP) is 7.90. The smallest absolute Gasteiger partial charge is 0.225 e. The van der Waals surface area contributed by atoms with Gasteiger partial charge in [-0.1, -0.05) is 74.9 Å². The Balaban J connectivity index is 1.18. The Hall–Kier alpha value is -3.13. The molecule has 1 aliphatic carbocycles. The van der Waals surface area contributed by atoms with Gasteiger partial charge in [-0.15, -0.1) is 11.8 Å². The SMILES string of the molecule is Cc1ccc(SC(CNC2CCC(Nc3nc(N(C)C)c4ccccc4n3)CC2)CC(O)c2ccc(C(C)(C)C)cc2)cc1. The maximum atomic E-state index is 11.3. The minimum Gasteiger partial charge on any atom is -0.388 e. The zero-order valence-corrected chi connectivity index (χ0v) is 28.0. The first-order valence-electron chi connectivity index (χ1n) is 16.0. The molecule has 5 rings (SSSR count). The van der Waals surface area contributed by atoms with Crippen molar-refractivity contribution < 1.29 is 5.11 Å². The van der Waals surface area contributed by atoms with E-state index in [1.807, 2.05) is 38.0 Å². The van der Waals surface area contributed by atoms with Gasteiger partial charge in [-0.2, -0.15) is 4.98 Å². The van der Waals surface area contributed by atoms with Gasteiger partial charge in [0.15, 0.2) is 0 Å². The lowest BCUT2D eigenvalue weighted by molar-refractivity contribution is 0.165. The van der Waals surface area contributed by atoms with Crippen LogP contribution in [-0.2, 0) is 5.41 Å². The van der Waals surface area contributed by atoms with Crippen molar-refractivity contribution in [2.75, 3.05) is 30.9 Å². The summed E-state index contributed by atoms with van der Waals surface area (Å²) < 4.78 is 0. The van der Waals surface area contributed by atoms with Crippen molar-refractivity contribution in [3.05, 3.63) is 89.5 Å². The van der Waals surface area contributed by atoms with Gasteiger partial charge in [-0.05, 0) is 79.8 Å². The predicted molar refractivity (Wildman–Crippen MR) is 187 cm³/mol. The molecule has 2 unspecified atom stereocenters. The molecule has 0 radical (unpaired) electrons. The summed E-state index contributed by atoms with van der Waals surface area (Å²) in [5.74, 6) is 1.65. The van der Waals surface area contributed by atoms with E-state index in [1.165, 1.54) is 16.0 Å². The fourth-order valence-corrected chi connectivity index (χ4v) is 7.10. The Bertz CT molecular complexity index is 1490. The van der Waals surface area contributed by atoms with E-state index in [9.17, 15) is 5.11 Å². The topological polar surface area (TPSA) is 73.3 Å². The van der Waals surface area contributed by atoms with Crippen LogP contribution in [0.15, 0.2) is 77.7 Å². The summed E-state index contributed by atoms with van der Waals surface area (Å²) >= 11 is 1.87.